The maximum Gasteiger partial charge on any atom is 0.255 e. The molecule has 0 aliphatic rings. The van der Waals surface area contributed by atoms with Gasteiger partial charge in [0.25, 0.3) is 5.91 Å². The zero-order valence-corrected chi connectivity index (χ0v) is 11.7. The number of carbonyl (C=O) groups excluding carboxylic acids is 2. The fourth-order valence-electron chi connectivity index (χ4n) is 1.82. The van der Waals surface area contributed by atoms with Crippen LogP contribution in [0.25, 0.3) is 0 Å². The van der Waals surface area contributed by atoms with Crippen LogP contribution < -0.4 is 10.1 Å². The van der Waals surface area contributed by atoms with Gasteiger partial charge in [0, 0.05) is 16.8 Å². The number of aromatic hydroxyl groups is 1. The van der Waals surface area contributed by atoms with E-state index in [1.807, 2.05) is 0 Å². The van der Waals surface area contributed by atoms with Crippen LogP contribution in [0.2, 0.25) is 0 Å². The fraction of sp³-hybridized carbons (Fsp3) is 0.125. The highest BCUT2D eigenvalue weighted by Gasteiger charge is 2.10. The van der Waals surface area contributed by atoms with E-state index in [0.717, 1.165) is 0 Å². The van der Waals surface area contributed by atoms with Crippen LogP contribution in [0.4, 0.5) is 5.69 Å². The van der Waals surface area contributed by atoms with Gasteiger partial charge in [0.1, 0.15) is 0 Å². The van der Waals surface area contributed by atoms with Crippen LogP contribution in [0, 0.1) is 0 Å². The second-order valence-corrected chi connectivity index (χ2v) is 4.47. The largest absolute Gasteiger partial charge is 0.504 e. The predicted molar refractivity (Wildman–Crippen MR) is 79.1 cm³/mol. The quantitative estimate of drug-likeness (QED) is 0.847. The Morgan fingerprint density at radius 3 is 2.19 bits per heavy atom. The van der Waals surface area contributed by atoms with Crippen molar-refractivity contribution in [2.24, 2.45) is 0 Å². The lowest BCUT2D eigenvalue weighted by Crippen LogP contribution is -2.11. The summed E-state index contributed by atoms with van der Waals surface area (Å²) < 4.78 is 4.92. The summed E-state index contributed by atoms with van der Waals surface area (Å²) in [5, 5.41) is 12.3. The van der Waals surface area contributed by atoms with Gasteiger partial charge in [-0.05, 0) is 49.4 Å². The third-order valence-corrected chi connectivity index (χ3v) is 2.99. The van der Waals surface area contributed by atoms with Gasteiger partial charge in [-0.15, -0.1) is 0 Å². The van der Waals surface area contributed by atoms with Crippen LogP contribution in [0.15, 0.2) is 42.5 Å². The van der Waals surface area contributed by atoms with Crippen molar-refractivity contribution in [2.75, 3.05) is 12.4 Å². The number of nitrogens with one attached hydrogen (secondary N) is 1. The van der Waals surface area contributed by atoms with Gasteiger partial charge in [0.05, 0.1) is 7.11 Å². The number of methoxy groups -OCH3 is 1. The van der Waals surface area contributed by atoms with Gasteiger partial charge >= 0.3 is 0 Å². The molecule has 0 spiro atoms. The van der Waals surface area contributed by atoms with E-state index in [0.29, 0.717) is 22.6 Å². The molecule has 21 heavy (non-hydrogen) atoms. The highest BCUT2D eigenvalue weighted by atomic mass is 16.5. The van der Waals surface area contributed by atoms with Crippen molar-refractivity contribution in [1.29, 1.82) is 0 Å². The van der Waals surface area contributed by atoms with Gasteiger partial charge in [-0.25, -0.2) is 0 Å². The SMILES string of the molecule is COc1ccc(C(=O)Nc2ccc(C(C)=O)cc2)cc1O. The monoisotopic (exact) mass is 285 g/mol. The second kappa shape index (κ2) is 6.09. The number of ether oxygens (including phenoxy) is 1. The molecule has 0 bridgehead atoms. The molecule has 0 saturated heterocycles. The summed E-state index contributed by atoms with van der Waals surface area (Å²) in [6.07, 6.45) is 0. The Kier molecular flexibility index (Phi) is 4.23. The van der Waals surface area contributed by atoms with Crippen molar-refractivity contribution in [2.45, 2.75) is 6.92 Å². The van der Waals surface area contributed by atoms with E-state index in [4.69, 9.17) is 4.74 Å². The number of phenols is 1. The molecule has 0 aliphatic heterocycles. The van der Waals surface area contributed by atoms with Crippen LogP contribution in [-0.4, -0.2) is 23.9 Å². The van der Waals surface area contributed by atoms with E-state index in [1.165, 1.54) is 26.2 Å². The molecular formula is C16H15NO4. The van der Waals surface area contributed by atoms with Crippen LogP contribution in [0.5, 0.6) is 11.5 Å². The minimum absolute atomic E-state index is 0.0343. The van der Waals surface area contributed by atoms with Crippen molar-refractivity contribution in [3.63, 3.8) is 0 Å². The number of anilines is 1. The van der Waals surface area contributed by atoms with Crippen molar-refractivity contribution >= 4 is 17.4 Å². The third kappa shape index (κ3) is 3.39. The van der Waals surface area contributed by atoms with Crippen molar-refractivity contribution in [3.05, 3.63) is 53.6 Å². The number of ketones is 1. The number of Topliss-reactive ketones (excluding diaryl/α,β-unsaturated/α-hetero) is 1. The minimum atomic E-state index is -0.358. The summed E-state index contributed by atoms with van der Waals surface area (Å²) in [6.45, 7) is 1.48. The van der Waals surface area contributed by atoms with Gasteiger partial charge in [-0.1, -0.05) is 0 Å². The lowest BCUT2D eigenvalue weighted by molar-refractivity contribution is 0.101. The van der Waals surface area contributed by atoms with Crippen LogP contribution in [0.1, 0.15) is 27.6 Å². The molecule has 5 heteroatoms. The van der Waals surface area contributed by atoms with Gasteiger partial charge in [-0.3, -0.25) is 9.59 Å². The lowest BCUT2D eigenvalue weighted by atomic mass is 10.1. The normalized spacial score (nSPS) is 10.0. The number of phenolic OH excluding ortho intramolecular Hbond substituents is 1. The highest BCUT2D eigenvalue weighted by Crippen LogP contribution is 2.26. The maximum absolute atomic E-state index is 12.1. The molecule has 0 fully saturated rings. The summed E-state index contributed by atoms with van der Waals surface area (Å²) in [6, 6.07) is 11.0. The van der Waals surface area contributed by atoms with Crippen LogP contribution in [0.3, 0.4) is 0 Å². The fourth-order valence-corrected chi connectivity index (χ4v) is 1.82. The Hall–Kier alpha value is -2.82. The molecule has 1 amide bonds. The second-order valence-electron chi connectivity index (χ2n) is 4.47. The van der Waals surface area contributed by atoms with E-state index in [2.05, 4.69) is 5.32 Å². The third-order valence-electron chi connectivity index (χ3n) is 2.99. The Labute approximate surface area is 122 Å². The Bertz CT molecular complexity index is 677. The zero-order chi connectivity index (χ0) is 15.4. The lowest BCUT2D eigenvalue weighted by Gasteiger charge is -2.08. The molecule has 0 unspecified atom stereocenters. The number of rotatable bonds is 4. The molecule has 0 aliphatic carbocycles. The summed E-state index contributed by atoms with van der Waals surface area (Å²) in [5.41, 5.74) is 1.46. The highest BCUT2D eigenvalue weighted by molar-refractivity contribution is 6.05. The molecule has 0 heterocycles. The predicted octanol–water partition coefficient (Wildman–Crippen LogP) is 2.86. The summed E-state index contributed by atoms with van der Waals surface area (Å²) in [7, 11) is 1.44. The summed E-state index contributed by atoms with van der Waals surface area (Å²) in [4.78, 5) is 23.2. The Morgan fingerprint density at radius 2 is 1.67 bits per heavy atom. The summed E-state index contributed by atoms with van der Waals surface area (Å²) >= 11 is 0. The molecule has 0 radical (unpaired) electrons. The molecule has 2 aromatic rings. The molecule has 2 aromatic carbocycles. The standard InChI is InChI=1S/C16H15NO4/c1-10(18)11-3-6-13(7-4-11)17-16(20)12-5-8-15(21-2)14(19)9-12/h3-9,19H,1-2H3,(H,17,20). The van der Waals surface area contributed by atoms with Gasteiger partial charge < -0.3 is 15.2 Å². The first-order valence-electron chi connectivity index (χ1n) is 6.30. The zero-order valence-electron chi connectivity index (χ0n) is 11.7. The molecule has 0 aromatic heterocycles. The van der Waals surface area contributed by atoms with Crippen molar-refractivity contribution in [1.82, 2.24) is 0 Å². The van der Waals surface area contributed by atoms with Gasteiger partial charge in [-0.2, -0.15) is 0 Å². The van der Waals surface area contributed by atoms with Gasteiger partial charge in [0.15, 0.2) is 17.3 Å². The first kappa shape index (κ1) is 14.6. The average Bonchev–Trinajstić information content (AvgIpc) is 2.47. The summed E-state index contributed by atoms with van der Waals surface area (Å²) in [5.74, 6) is -0.189. The number of benzene rings is 2. The number of carbonyl (C=O) groups is 2. The van der Waals surface area contributed by atoms with E-state index in [9.17, 15) is 14.7 Å². The molecule has 2 rings (SSSR count). The molecular weight excluding hydrogens is 270 g/mol. The molecule has 0 saturated carbocycles. The van der Waals surface area contributed by atoms with E-state index in [1.54, 1.807) is 30.3 Å². The van der Waals surface area contributed by atoms with Crippen molar-refractivity contribution < 1.29 is 19.4 Å². The average molecular weight is 285 g/mol. The molecule has 108 valence electrons. The first-order chi connectivity index (χ1) is 10.0. The van der Waals surface area contributed by atoms with E-state index < -0.39 is 0 Å². The first-order valence-corrected chi connectivity index (χ1v) is 6.30. The topological polar surface area (TPSA) is 75.6 Å². The smallest absolute Gasteiger partial charge is 0.255 e. The van der Waals surface area contributed by atoms with Gasteiger partial charge in [0.2, 0.25) is 0 Å². The molecule has 0 atom stereocenters. The molecule has 2 N–H and O–H groups in total. The number of hydrogen-bond acceptors (Lipinski definition) is 4. The van der Waals surface area contributed by atoms with Crippen LogP contribution in [-0.2, 0) is 0 Å². The Morgan fingerprint density at radius 1 is 1.05 bits per heavy atom. The van der Waals surface area contributed by atoms with Crippen molar-refractivity contribution in [3.8, 4) is 11.5 Å². The molecule has 5 nitrogen and oxygen atoms in total. The van der Waals surface area contributed by atoms with E-state index >= 15 is 0 Å². The Balaban J connectivity index is 2.14. The number of hydrogen-bond donors (Lipinski definition) is 2. The minimum Gasteiger partial charge on any atom is -0.504 e. The maximum atomic E-state index is 12.1. The van der Waals surface area contributed by atoms with Crippen LogP contribution >= 0.6 is 0 Å². The van der Waals surface area contributed by atoms with E-state index in [-0.39, 0.29) is 17.4 Å². The number of amides is 1.